The van der Waals surface area contributed by atoms with E-state index < -0.39 is 5.56 Å². The smallest absolute Gasteiger partial charge is 0.299 e. The van der Waals surface area contributed by atoms with Gasteiger partial charge < -0.3 is 14.7 Å². The Labute approximate surface area is 138 Å². The monoisotopic (exact) mass is 322 g/mol. The van der Waals surface area contributed by atoms with Crippen LogP contribution in [-0.4, -0.2) is 21.8 Å². The van der Waals surface area contributed by atoms with Gasteiger partial charge in [-0.25, -0.2) is 4.98 Å². The third kappa shape index (κ3) is 2.86. The topological polar surface area (TPSA) is 70.7 Å². The van der Waals surface area contributed by atoms with Gasteiger partial charge in [0, 0.05) is 26.0 Å². The Balaban J connectivity index is 2.26. The van der Waals surface area contributed by atoms with Crippen LogP contribution in [0, 0.1) is 0 Å². The Morgan fingerprint density at radius 2 is 1.79 bits per heavy atom. The summed E-state index contributed by atoms with van der Waals surface area (Å²) < 4.78 is 1.44. The molecule has 1 N–H and O–H groups in total. The van der Waals surface area contributed by atoms with E-state index in [4.69, 9.17) is 0 Å². The van der Waals surface area contributed by atoms with Gasteiger partial charge in [0.15, 0.2) is 0 Å². The molecule has 2 aromatic carbocycles. The Hall–Kier alpha value is -3.15. The van der Waals surface area contributed by atoms with Gasteiger partial charge in [-0.2, -0.15) is 0 Å². The molecule has 0 fully saturated rings. The maximum absolute atomic E-state index is 12.4. The third-order valence-corrected chi connectivity index (χ3v) is 3.93. The van der Waals surface area contributed by atoms with E-state index in [0.29, 0.717) is 12.4 Å². The predicted octanol–water partition coefficient (Wildman–Crippen LogP) is 1.86. The highest BCUT2D eigenvalue weighted by molar-refractivity contribution is 5.89. The highest BCUT2D eigenvalue weighted by atomic mass is 16.4. The van der Waals surface area contributed by atoms with Crippen LogP contribution in [0.25, 0.3) is 10.9 Å². The van der Waals surface area contributed by atoms with Crippen LogP contribution in [-0.2, 0) is 13.6 Å². The number of para-hydroxylation sites is 1. The number of hydrogen-bond donors (Lipinski definition) is 1. The molecule has 1 aromatic heterocycles. The van der Waals surface area contributed by atoms with Gasteiger partial charge in [-0.1, -0.05) is 47.6 Å². The van der Waals surface area contributed by atoms with Gasteiger partial charge in [0.05, 0.1) is 5.52 Å². The molecule has 0 atom stereocenters. The minimum atomic E-state index is -0.451. The van der Waals surface area contributed by atoms with Crippen molar-refractivity contribution in [2.75, 3.05) is 11.9 Å². The number of nitrogens with zero attached hydrogens (tertiary/aromatic N) is 4. The average molecular weight is 322 g/mol. The Bertz CT molecular complexity index is 997. The lowest BCUT2D eigenvalue weighted by molar-refractivity contribution is 0.297. The number of benzene rings is 2. The van der Waals surface area contributed by atoms with Crippen LogP contribution < -0.4 is 15.9 Å². The van der Waals surface area contributed by atoms with Gasteiger partial charge in [0.1, 0.15) is 5.82 Å². The van der Waals surface area contributed by atoms with Crippen molar-refractivity contribution in [2.45, 2.75) is 6.54 Å². The molecule has 3 rings (SSSR count). The molecule has 6 nitrogen and oxygen atoms in total. The summed E-state index contributed by atoms with van der Waals surface area (Å²) in [5, 5.41) is 13.1. The van der Waals surface area contributed by atoms with E-state index in [2.05, 4.69) is 10.1 Å². The van der Waals surface area contributed by atoms with Gasteiger partial charge in [-0.05, 0) is 17.7 Å². The van der Waals surface area contributed by atoms with Gasteiger partial charge in [0.25, 0.3) is 11.0 Å². The average Bonchev–Trinajstić information content (AvgIpc) is 2.72. The largest absolute Gasteiger partial charge is 0.409 e. The lowest BCUT2D eigenvalue weighted by Crippen LogP contribution is -2.33. The molecule has 0 unspecified atom stereocenters. The van der Waals surface area contributed by atoms with Crippen molar-refractivity contribution in [1.29, 1.82) is 0 Å². The van der Waals surface area contributed by atoms with Crippen LogP contribution in [0.1, 0.15) is 5.56 Å². The maximum Gasteiger partial charge on any atom is 0.299 e. The Morgan fingerprint density at radius 1 is 1.12 bits per heavy atom. The molecule has 0 bridgehead atoms. The van der Waals surface area contributed by atoms with Crippen molar-refractivity contribution >= 4 is 16.7 Å². The molecule has 0 amide bonds. The molecular weight excluding hydrogens is 304 g/mol. The van der Waals surface area contributed by atoms with E-state index in [1.165, 1.54) is 4.57 Å². The summed E-state index contributed by atoms with van der Waals surface area (Å²) in [7, 11) is 3.54. The van der Waals surface area contributed by atoms with Crippen LogP contribution in [0.4, 0.5) is 5.82 Å². The van der Waals surface area contributed by atoms with Gasteiger partial charge >= 0.3 is 0 Å². The molecular formula is C18H18N4O2. The summed E-state index contributed by atoms with van der Waals surface area (Å²) in [6, 6.07) is 17.5. The molecule has 122 valence electrons. The van der Waals surface area contributed by atoms with Gasteiger partial charge in [-0.15, -0.1) is 0 Å². The van der Waals surface area contributed by atoms with Crippen molar-refractivity contribution in [3.05, 3.63) is 76.0 Å². The van der Waals surface area contributed by atoms with E-state index in [0.717, 1.165) is 16.5 Å². The summed E-state index contributed by atoms with van der Waals surface area (Å²) in [5.74, 6) is 0.583. The van der Waals surface area contributed by atoms with Crippen LogP contribution in [0.15, 0.2) is 64.5 Å². The fourth-order valence-electron chi connectivity index (χ4n) is 2.71. The number of anilines is 1. The first kappa shape index (κ1) is 15.7. The molecule has 0 radical (unpaired) electrons. The third-order valence-electron chi connectivity index (χ3n) is 3.93. The molecule has 1 heterocycles. The standard InChI is InChI=1S/C18H18N4O2/c1-21(12-13-8-4-3-5-9-13)17-14-10-6-7-11-15(14)22(2)18(23)16(19-17)20-24/h3-11,24H,12H2,1-2H3. The van der Waals surface area contributed by atoms with Crippen LogP contribution in [0.3, 0.4) is 0 Å². The zero-order valence-electron chi connectivity index (χ0n) is 13.5. The molecule has 0 aliphatic carbocycles. The molecule has 0 aliphatic heterocycles. The highest BCUT2D eigenvalue weighted by Crippen LogP contribution is 2.21. The number of aromatic nitrogens is 2. The van der Waals surface area contributed by atoms with E-state index in [1.54, 1.807) is 7.05 Å². The second kappa shape index (κ2) is 6.54. The Kier molecular flexibility index (Phi) is 4.29. The van der Waals surface area contributed by atoms with Crippen molar-refractivity contribution in [3.63, 3.8) is 0 Å². The first-order valence-electron chi connectivity index (χ1n) is 7.55. The highest BCUT2D eigenvalue weighted by Gasteiger charge is 2.11. The lowest BCUT2D eigenvalue weighted by atomic mass is 10.2. The number of hydrogen-bond acceptors (Lipinski definition) is 5. The minimum absolute atomic E-state index is 0.233. The number of fused-ring (bicyclic) bond motifs is 1. The summed E-state index contributed by atoms with van der Waals surface area (Å²) >= 11 is 0. The summed E-state index contributed by atoms with van der Waals surface area (Å²) in [5.41, 5.74) is 1.16. The van der Waals surface area contributed by atoms with Crippen molar-refractivity contribution in [3.8, 4) is 0 Å². The predicted molar refractivity (Wildman–Crippen MR) is 92.9 cm³/mol. The SMILES string of the molecule is CN(Cc1ccccc1)c1nc(=NO)c(=O)n(C)c2ccccc12. The summed E-state index contributed by atoms with van der Waals surface area (Å²) in [6.45, 7) is 0.616. The van der Waals surface area contributed by atoms with E-state index >= 15 is 0 Å². The fourth-order valence-corrected chi connectivity index (χ4v) is 2.71. The second-order valence-corrected chi connectivity index (χ2v) is 5.58. The summed E-state index contributed by atoms with van der Waals surface area (Å²) in [6.07, 6.45) is 0. The molecule has 0 spiro atoms. The number of rotatable bonds is 3. The maximum atomic E-state index is 12.4. The molecule has 6 heteroatoms. The Morgan fingerprint density at radius 3 is 2.50 bits per heavy atom. The van der Waals surface area contributed by atoms with Crippen molar-refractivity contribution in [2.24, 2.45) is 12.2 Å². The summed E-state index contributed by atoms with van der Waals surface area (Å²) in [4.78, 5) is 18.6. The van der Waals surface area contributed by atoms with Crippen molar-refractivity contribution < 1.29 is 5.21 Å². The molecule has 0 aliphatic rings. The zero-order valence-corrected chi connectivity index (χ0v) is 13.5. The normalized spacial score (nSPS) is 11.7. The van der Waals surface area contributed by atoms with Crippen LogP contribution in [0.2, 0.25) is 0 Å². The zero-order chi connectivity index (χ0) is 17.1. The first-order chi connectivity index (χ1) is 11.6. The first-order valence-corrected chi connectivity index (χ1v) is 7.55. The fraction of sp³-hybridized carbons (Fsp3) is 0.167. The molecule has 24 heavy (non-hydrogen) atoms. The van der Waals surface area contributed by atoms with Crippen molar-refractivity contribution in [1.82, 2.24) is 9.55 Å². The van der Waals surface area contributed by atoms with E-state index in [-0.39, 0.29) is 5.49 Å². The lowest BCUT2D eigenvalue weighted by Gasteiger charge is -2.18. The minimum Gasteiger partial charge on any atom is -0.409 e. The van der Waals surface area contributed by atoms with Crippen LogP contribution >= 0.6 is 0 Å². The second-order valence-electron chi connectivity index (χ2n) is 5.58. The van der Waals surface area contributed by atoms with E-state index in [9.17, 15) is 10.0 Å². The van der Waals surface area contributed by atoms with Gasteiger partial charge in [-0.3, -0.25) is 4.79 Å². The van der Waals surface area contributed by atoms with Gasteiger partial charge in [0.2, 0.25) is 0 Å². The van der Waals surface area contributed by atoms with E-state index in [1.807, 2.05) is 66.5 Å². The van der Waals surface area contributed by atoms with Crippen LogP contribution in [0.5, 0.6) is 0 Å². The molecule has 3 aromatic rings. The number of aryl methyl sites for hydroxylation is 1. The molecule has 0 saturated heterocycles. The molecule has 0 saturated carbocycles. The quantitative estimate of drug-likeness (QED) is 0.590.